The number of hydrogen-bond donors (Lipinski definition) is 2. The maximum Gasteiger partial charge on any atom is 0.142 e. The molecular formula is C12H17Cl2FN2O. The first kappa shape index (κ1) is 15.7. The third-order valence-electron chi connectivity index (χ3n) is 3.09. The van der Waals surface area contributed by atoms with E-state index in [0.29, 0.717) is 0 Å². The highest BCUT2D eigenvalue weighted by molar-refractivity contribution is 6.30. The van der Waals surface area contributed by atoms with Gasteiger partial charge in [0, 0.05) is 26.2 Å². The second-order valence-electron chi connectivity index (χ2n) is 4.16. The highest BCUT2D eigenvalue weighted by atomic mass is 35.5. The molecule has 1 atom stereocenters. The lowest BCUT2D eigenvalue weighted by Crippen LogP contribution is -2.46. The number of nitrogens with one attached hydrogen (secondary N) is 1. The summed E-state index contributed by atoms with van der Waals surface area (Å²) in [5, 5.41) is 12.8. The SMILES string of the molecule is Cl.OC[C@H](c1ccc(Cl)c(F)c1)N1CCNCC1. The van der Waals surface area contributed by atoms with Gasteiger partial charge in [0.1, 0.15) is 5.82 Å². The lowest BCUT2D eigenvalue weighted by atomic mass is 10.1. The minimum atomic E-state index is -0.433. The Kier molecular flexibility index (Phi) is 6.32. The molecule has 102 valence electrons. The van der Waals surface area contributed by atoms with Crippen molar-refractivity contribution in [3.63, 3.8) is 0 Å². The van der Waals surface area contributed by atoms with E-state index in [1.165, 1.54) is 12.1 Å². The number of aliphatic hydroxyl groups is 1. The van der Waals surface area contributed by atoms with Gasteiger partial charge in [0.25, 0.3) is 0 Å². The van der Waals surface area contributed by atoms with Gasteiger partial charge in [0.05, 0.1) is 17.7 Å². The van der Waals surface area contributed by atoms with Crippen molar-refractivity contribution in [1.82, 2.24) is 10.2 Å². The van der Waals surface area contributed by atoms with Gasteiger partial charge in [-0.1, -0.05) is 17.7 Å². The van der Waals surface area contributed by atoms with Crippen molar-refractivity contribution >= 4 is 24.0 Å². The van der Waals surface area contributed by atoms with Crippen LogP contribution in [0.5, 0.6) is 0 Å². The van der Waals surface area contributed by atoms with Crippen LogP contribution in [0, 0.1) is 5.82 Å². The largest absolute Gasteiger partial charge is 0.394 e. The van der Waals surface area contributed by atoms with E-state index in [-0.39, 0.29) is 30.1 Å². The van der Waals surface area contributed by atoms with Gasteiger partial charge < -0.3 is 10.4 Å². The first-order chi connectivity index (χ1) is 8.22. The number of nitrogens with zero attached hydrogens (tertiary/aromatic N) is 1. The minimum absolute atomic E-state index is 0. The topological polar surface area (TPSA) is 35.5 Å². The Morgan fingerprint density at radius 3 is 2.61 bits per heavy atom. The Hall–Kier alpha value is -0.390. The predicted octanol–water partition coefficient (Wildman–Crippen LogP) is 1.84. The fourth-order valence-electron chi connectivity index (χ4n) is 2.15. The molecule has 0 amide bonds. The van der Waals surface area contributed by atoms with Crippen LogP contribution in [0.1, 0.15) is 11.6 Å². The van der Waals surface area contributed by atoms with Gasteiger partial charge in [-0.15, -0.1) is 12.4 Å². The number of hydrogen-bond acceptors (Lipinski definition) is 3. The summed E-state index contributed by atoms with van der Waals surface area (Å²) in [7, 11) is 0. The zero-order valence-corrected chi connectivity index (χ0v) is 11.5. The van der Waals surface area contributed by atoms with Crippen molar-refractivity contribution in [2.45, 2.75) is 6.04 Å². The second kappa shape index (κ2) is 7.26. The molecule has 1 heterocycles. The molecule has 1 saturated heterocycles. The Labute approximate surface area is 117 Å². The van der Waals surface area contributed by atoms with Crippen molar-refractivity contribution in [3.8, 4) is 0 Å². The summed E-state index contributed by atoms with van der Waals surface area (Å²) in [6, 6.07) is 4.57. The molecule has 18 heavy (non-hydrogen) atoms. The lowest BCUT2D eigenvalue weighted by Gasteiger charge is -2.34. The molecule has 6 heteroatoms. The van der Waals surface area contributed by atoms with Crippen molar-refractivity contribution in [1.29, 1.82) is 0 Å². The minimum Gasteiger partial charge on any atom is -0.394 e. The van der Waals surface area contributed by atoms with Crippen LogP contribution in [0.2, 0.25) is 5.02 Å². The summed E-state index contributed by atoms with van der Waals surface area (Å²) in [4.78, 5) is 2.15. The average Bonchev–Trinajstić information content (AvgIpc) is 2.36. The van der Waals surface area contributed by atoms with Crippen LogP contribution < -0.4 is 5.32 Å². The molecule has 0 radical (unpaired) electrons. The maximum absolute atomic E-state index is 13.4. The van der Waals surface area contributed by atoms with Crippen LogP contribution in [-0.2, 0) is 0 Å². The van der Waals surface area contributed by atoms with Gasteiger partial charge >= 0.3 is 0 Å². The van der Waals surface area contributed by atoms with E-state index < -0.39 is 5.82 Å². The zero-order valence-electron chi connectivity index (χ0n) is 9.90. The van der Waals surface area contributed by atoms with Gasteiger partial charge in [-0.05, 0) is 17.7 Å². The summed E-state index contributed by atoms with van der Waals surface area (Å²) < 4.78 is 13.4. The standard InChI is InChI=1S/C12H16ClFN2O.ClH/c13-10-2-1-9(7-11(10)14)12(8-17)16-5-3-15-4-6-16;/h1-2,7,12,15,17H,3-6,8H2;1H/t12-;/m1./s1. The molecule has 0 unspecified atom stereocenters. The number of piperazine rings is 1. The van der Waals surface area contributed by atoms with Gasteiger partial charge in [-0.3, -0.25) is 4.90 Å². The molecule has 0 aromatic heterocycles. The lowest BCUT2D eigenvalue weighted by molar-refractivity contribution is 0.110. The summed E-state index contributed by atoms with van der Waals surface area (Å²) >= 11 is 5.65. The number of halogens is 3. The van der Waals surface area contributed by atoms with E-state index in [1.807, 2.05) is 0 Å². The summed E-state index contributed by atoms with van der Waals surface area (Å²) in [6.45, 7) is 3.49. The molecule has 3 nitrogen and oxygen atoms in total. The third-order valence-corrected chi connectivity index (χ3v) is 3.40. The second-order valence-corrected chi connectivity index (χ2v) is 4.57. The Morgan fingerprint density at radius 1 is 1.39 bits per heavy atom. The van der Waals surface area contributed by atoms with Crippen molar-refractivity contribution in [3.05, 3.63) is 34.6 Å². The predicted molar refractivity (Wildman–Crippen MR) is 72.9 cm³/mol. The fourth-order valence-corrected chi connectivity index (χ4v) is 2.26. The number of aliphatic hydroxyl groups excluding tert-OH is 1. The third kappa shape index (κ3) is 3.56. The smallest absolute Gasteiger partial charge is 0.142 e. The number of benzene rings is 1. The molecular weight excluding hydrogens is 278 g/mol. The monoisotopic (exact) mass is 294 g/mol. The molecule has 0 aliphatic carbocycles. The zero-order chi connectivity index (χ0) is 12.3. The highest BCUT2D eigenvalue weighted by Crippen LogP contribution is 2.24. The summed E-state index contributed by atoms with van der Waals surface area (Å²) in [5.74, 6) is -0.433. The van der Waals surface area contributed by atoms with E-state index in [0.717, 1.165) is 31.7 Å². The average molecular weight is 295 g/mol. The molecule has 1 aromatic carbocycles. The van der Waals surface area contributed by atoms with E-state index in [4.69, 9.17) is 11.6 Å². The normalized spacial score (nSPS) is 18.2. The van der Waals surface area contributed by atoms with Gasteiger partial charge in [-0.25, -0.2) is 4.39 Å². The van der Waals surface area contributed by atoms with E-state index in [9.17, 15) is 9.50 Å². The van der Waals surface area contributed by atoms with Crippen LogP contribution in [-0.4, -0.2) is 42.8 Å². The van der Waals surface area contributed by atoms with E-state index in [2.05, 4.69) is 10.2 Å². The Morgan fingerprint density at radius 2 is 2.06 bits per heavy atom. The molecule has 1 aliphatic rings. The summed E-state index contributed by atoms with van der Waals surface area (Å²) in [6.07, 6.45) is 0. The van der Waals surface area contributed by atoms with E-state index >= 15 is 0 Å². The highest BCUT2D eigenvalue weighted by Gasteiger charge is 2.21. The molecule has 1 aliphatic heterocycles. The summed E-state index contributed by atoms with van der Waals surface area (Å²) in [5.41, 5.74) is 0.774. The van der Waals surface area contributed by atoms with Crippen LogP contribution in [0.15, 0.2) is 18.2 Å². The van der Waals surface area contributed by atoms with Crippen molar-refractivity contribution in [2.24, 2.45) is 0 Å². The van der Waals surface area contributed by atoms with Crippen LogP contribution in [0.4, 0.5) is 4.39 Å². The van der Waals surface area contributed by atoms with Crippen molar-refractivity contribution in [2.75, 3.05) is 32.8 Å². The first-order valence-electron chi connectivity index (χ1n) is 5.73. The van der Waals surface area contributed by atoms with Gasteiger partial charge in [0.15, 0.2) is 0 Å². The van der Waals surface area contributed by atoms with Crippen molar-refractivity contribution < 1.29 is 9.50 Å². The fraction of sp³-hybridized carbons (Fsp3) is 0.500. The molecule has 0 spiro atoms. The molecule has 0 bridgehead atoms. The molecule has 0 saturated carbocycles. The quantitative estimate of drug-likeness (QED) is 0.893. The molecule has 2 rings (SSSR count). The van der Waals surface area contributed by atoms with Gasteiger partial charge in [0.2, 0.25) is 0 Å². The maximum atomic E-state index is 13.4. The Balaban J connectivity index is 0.00000162. The van der Waals surface area contributed by atoms with Crippen LogP contribution in [0.25, 0.3) is 0 Å². The van der Waals surface area contributed by atoms with Crippen LogP contribution in [0.3, 0.4) is 0 Å². The van der Waals surface area contributed by atoms with Crippen LogP contribution >= 0.6 is 24.0 Å². The first-order valence-corrected chi connectivity index (χ1v) is 6.10. The molecule has 1 aromatic rings. The van der Waals surface area contributed by atoms with E-state index in [1.54, 1.807) is 6.07 Å². The number of rotatable bonds is 3. The Bertz CT molecular complexity index is 386. The molecule has 1 fully saturated rings. The van der Waals surface area contributed by atoms with Gasteiger partial charge in [-0.2, -0.15) is 0 Å². The molecule has 2 N–H and O–H groups in total.